The molecule has 0 bridgehead atoms. The van der Waals surface area contributed by atoms with Gasteiger partial charge in [-0.25, -0.2) is 0 Å². The standard InChI is InChI=1S/C16H17NO/c18-14-6-2-1-4-13(10-14)15-7-3-5-12-8-9-17-11-16(12)15/h3,5,7-9,11,13H,1-2,4,6,10H2. The van der Waals surface area contributed by atoms with Crippen molar-refractivity contribution in [1.82, 2.24) is 4.98 Å². The van der Waals surface area contributed by atoms with Gasteiger partial charge in [0, 0.05) is 30.6 Å². The lowest BCUT2D eigenvalue weighted by molar-refractivity contribution is -0.119. The van der Waals surface area contributed by atoms with Crippen molar-refractivity contribution >= 4 is 16.6 Å². The van der Waals surface area contributed by atoms with Crippen LogP contribution in [0.15, 0.2) is 36.7 Å². The third-order valence-electron chi connectivity index (χ3n) is 3.89. The molecule has 92 valence electrons. The maximum absolute atomic E-state index is 11.8. The van der Waals surface area contributed by atoms with Gasteiger partial charge < -0.3 is 0 Å². The van der Waals surface area contributed by atoms with Gasteiger partial charge in [-0.1, -0.05) is 24.6 Å². The van der Waals surface area contributed by atoms with Gasteiger partial charge in [0.25, 0.3) is 0 Å². The van der Waals surface area contributed by atoms with Crippen molar-refractivity contribution < 1.29 is 4.79 Å². The third kappa shape index (κ3) is 2.15. The van der Waals surface area contributed by atoms with Crippen LogP contribution in [-0.2, 0) is 4.79 Å². The minimum Gasteiger partial charge on any atom is -0.300 e. The van der Waals surface area contributed by atoms with Crippen LogP contribution >= 0.6 is 0 Å². The second-order valence-corrected chi connectivity index (χ2v) is 5.13. The Morgan fingerprint density at radius 1 is 1.17 bits per heavy atom. The van der Waals surface area contributed by atoms with E-state index >= 15 is 0 Å². The highest BCUT2D eigenvalue weighted by molar-refractivity contribution is 5.86. The van der Waals surface area contributed by atoms with E-state index in [1.165, 1.54) is 16.3 Å². The summed E-state index contributed by atoms with van der Waals surface area (Å²) in [6.45, 7) is 0. The number of nitrogens with zero attached hydrogens (tertiary/aromatic N) is 1. The summed E-state index contributed by atoms with van der Waals surface area (Å²) >= 11 is 0. The average molecular weight is 239 g/mol. The summed E-state index contributed by atoms with van der Waals surface area (Å²) in [6, 6.07) is 8.40. The number of hydrogen-bond donors (Lipinski definition) is 0. The monoisotopic (exact) mass is 239 g/mol. The van der Waals surface area contributed by atoms with Gasteiger partial charge in [0.2, 0.25) is 0 Å². The summed E-state index contributed by atoms with van der Waals surface area (Å²) in [5, 5.41) is 2.43. The van der Waals surface area contributed by atoms with E-state index in [4.69, 9.17) is 0 Å². The second kappa shape index (κ2) is 4.89. The first-order valence-electron chi connectivity index (χ1n) is 6.69. The van der Waals surface area contributed by atoms with E-state index in [0.29, 0.717) is 18.1 Å². The highest BCUT2D eigenvalue weighted by Gasteiger charge is 2.20. The van der Waals surface area contributed by atoms with Crippen molar-refractivity contribution in [2.45, 2.75) is 38.0 Å². The second-order valence-electron chi connectivity index (χ2n) is 5.13. The number of fused-ring (bicyclic) bond motifs is 1. The van der Waals surface area contributed by atoms with Gasteiger partial charge in [0.05, 0.1) is 0 Å². The predicted octanol–water partition coefficient (Wildman–Crippen LogP) is 3.85. The molecule has 1 aliphatic carbocycles. The fraction of sp³-hybridized carbons (Fsp3) is 0.375. The topological polar surface area (TPSA) is 30.0 Å². The van der Waals surface area contributed by atoms with Crippen molar-refractivity contribution in [3.8, 4) is 0 Å². The van der Waals surface area contributed by atoms with Gasteiger partial charge in [-0.3, -0.25) is 9.78 Å². The fourth-order valence-corrected chi connectivity index (χ4v) is 2.95. The summed E-state index contributed by atoms with van der Waals surface area (Å²) in [7, 11) is 0. The molecule has 1 fully saturated rings. The molecule has 1 aromatic heterocycles. The first-order chi connectivity index (χ1) is 8.84. The van der Waals surface area contributed by atoms with Crippen molar-refractivity contribution in [2.75, 3.05) is 0 Å². The van der Waals surface area contributed by atoms with Crippen LogP contribution in [0.5, 0.6) is 0 Å². The average Bonchev–Trinajstić information content (AvgIpc) is 2.63. The molecule has 2 aromatic rings. The summed E-state index contributed by atoms with van der Waals surface area (Å²) < 4.78 is 0. The molecule has 0 aliphatic heterocycles. The van der Waals surface area contributed by atoms with Crippen LogP contribution in [0.1, 0.15) is 43.6 Å². The highest BCUT2D eigenvalue weighted by atomic mass is 16.1. The van der Waals surface area contributed by atoms with E-state index in [1.54, 1.807) is 0 Å². The van der Waals surface area contributed by atoms with Crippen molar-refractivity contribution in [3.63, 3.8) is 0 Å². The number of pyridine rings is 1. The first kappa shape index (κ1) is 11.4. The molecule has 0 spiro atoms. The molecule has 1 aliphatic rings. The smallest absolute Gasteiger partial charge is 0.133 e. The number of ketones is 1. The largest absolute Gasteiger partial charge is 0.300 e. The molecular formula is C16H17NO. The Bertz CT molecular complexity index is 571. The Balaban J connectivity index is 2.05. The van der Waals surface area contributed by atoms with E-state index < -0.39 is 0 Å². The summed E-state index contributed by atoms with van der Waals surface area (Å²) in [5.41, 5.74) is 1.30. The molecule has 0 amide bonds. The van der Waals surface area contributed by atoms with E-state index in [-0.39, 0.29) is 0 Å². The number of benzene rings is 1. The Hall–Kier alpha value is -1.70. The molecule has 3 rings (SSSR count). The Morgan fingerprint density at radius 3 is 3.06 bits per heavy atom. The number of aromatic nitrogens is 1. The maximum Gasteiger partial charge on any atom is 0.133 e. The van der Waals surface area contributed by atoms with Gasteiger partial charge >= 0.3 is 0 Å². The zero-order valence-corrected chi connectivity index (χ0v) is 10.4. The molecular weight excluding hydrogens is 222 g/mol. The van der Waals surface area contributed by atoms with Crippen LogP contribution in [0, 0.1) is 0 Å². The normalized spacial score (nSPS) is 20.9. The molecule has 0 radical (unpaired) electrons. The highest BCUT2D eigenvalue weighted by Crippen LogP contribution is 2.33. The lowest BCUT2D eigenvalue weighted by atomic mass is 9.88. The predicted molar refractivity (Wildman–Crippen MR) is 72.6 cm³/mol. The number of hydrogen-bond acceptors (Lipinski definition) is 2. The molecule has 1 unspecified atom stereocenters. The molecule has 1 aromatic carbocycles. The van der Waals surface area contributed by atoms with Gasteiger partial charge in [-0.05, 0) is 35.8 Å². The third-order valence-corrected chi connectivity index (χ3v) is 3.89. The van der Waals surface area contributed by atoms with Crippen LogP contribution in [0.2, 0.25) is 0 Å². The number of carbonyl (C=O) groups excluding carboxylic acids is 1. The van der Waals surface area contributed by atoms with Crippen molar-refractivity contribution in [2.24, 2.45) is 0 Å². The minimum atomic E-state index is 0.382. The molecule has 2 heteroatoms. The SMILES string of the molecule is O=C1CCCCC(c2cccc3ccncc23)C1. The van der Waals surface area contributed by atoms with E-state index in [2.05, 4.69) is 23.2 Å². The molecule has 18 heavy (non-hydrogen) atoms. The van der Waals surface area contributed by atoms with Gasteiger partial charge in [-0.2, -0.15) is 0 Å². The molecule has 0 saturated heterocycles. The van der Waals surface area contributed by atoms with E-state index in [9.17, 15) is 4.79 Å². The Labute approximate surface area is 107 Å². The number of rotatable bonds is 1. The summed E-state index contributed by atoms with van der Waals surface area (Å²) in [5.74, 6) is 0.797. The number of Topliss-reactive ketones (excluding diaryl/α,β-unsaturated/α-hetero) is 1. The summed E-state index contributed by atoms with van der Waals surface area (Å²) in [4.78, 5) is 16.0. The zero-order chi connectivity index (χ0) is 12.4. The Kier molecular flexibility index (Phi) is 3.09. The summed E-state index contributed by atoms with van der Waals surface area (Å²) in [6.07, 6.45) is 8.56. The van der Waals surface area contributed by atoms with Crippen LogP contribution < -0.4 is 0 Å². The van der Waals surface area contributed by atoms with Crippen molar-refractivity contribution in [3.05, 3.63) is 42.2 Å². The molecule has 0 N–H and O–H groups in total. The van der Waals surface area contributed by atoms with Gasteiger partial charge in [0.15, 0.2) is 0 Å². The molecule has 1 saturated carbocycles. The van der Waals surface area contributed by atoms with Gasteiger partial charge in [0.1, 0.15) is 5.78 Å². The molecule has 2 nitrogen and oxygen atoms in total. The van der Waals surface area contributed by atoms with Crippen molar-refractivity contribution in [1.29, 1.82) is 0 Å². The minimum absolute atomic E-state index is 0.382. The Morgan fingerprint density at radius 2 is 2.11 bits per heavy atom. The molecule has 1 atom stereocenters. The quantitative estimate of drug-likeness (QED) is 0.707. The molecule has 1 heterocycles. The van der Waals surface area contributed by atoms with Crippen LogP contribution in [0.4, 0.5) is 0 Å². The lowest BCUT2D eigenvalue weighted by Gasteiger charge is -2.16. The van der Waals surface area contributed by atoms with Gasteiger partial charge in [-0.15, -0.1) is 0 Å². The number of carbonyl (C=O) groups is 1. The first-order valence-corrected chi connectivity index (χ1v) is 6.69. The maximum atomic E-state index is 11.8. The van der Waals surface area contributed by atoms with E-state index in [1.807, 2.05) is 18.5 Å². The van der Waals surface area contributed by atoms with Crippen LogP contribution in [-0.4, -0.2) is 10.8 Å². The van der Waals surface area contributed by atoms with Crippen LogP contribution in [0.25, 0.3) is 10.8 Å². The van der Waals surface area contributed by atoms with E-state index in [0.717, 1.165) is 25.7 Å². The fourth-order valence-electron chi connectivity index (χ4n) is 2.95. The van der Waals surface area contributed by atoms with Crippen LogP contribution in [0.3, 0.4) is 0 Å². The lowest BCUT2D eigenvalue weighted by Crippen LogP contribution is -2.04. The zero-order valence-electron chi connectivity index (χ0n) is 10.4.